The quantitative estimate of drug-likeness (QED) is 0.747. The number of halogens is 3. The van der Waals surface area contributed by atoms with Gasteiger partial charge in [-0.1, -0.05) is 11.6 Å². The first-order valence-corrected chi connectivity index (χ1v) is 7.98. The second-order valence-corrected chi connectivity index (χ2v) is 6.27. The molecule has 2 rings (SSSR count). The third-order valence-electron chi connectivity index (χ3n) is 4.24. The Morgan fingerprint density at radius 3 is 2.58 bits per heavy atom. The smallest absolute Gasteiger partial charge is 0.255 e. The predicted octanol–water partition coefficient (Wildman–Crippen LogP) is 3.24. The van der Waals surface area contributed by atoms with E-state index in [1.54, 1.807) is 12.1 Å². The van der Waals surface area contributed by atoms with Crippen molar-refractivity contribution in [2.24, 2.45) is 5.92 Å². The number of hydrogen-bond acceptors (Lipinski definition) is 4. The Morgan fingerprint density at radius 2 is 2.00 bits per heavy atom. The van der Waals surface area contributed by atoms with Crippen LogP contribution in [0, 0.1) is 5.92 Å². The maximum atomic E-state index is 12.3. The predicted molar refractivity (Wildman–Crippen MR) is 104 cm³/mol. The number of nitrogens with zero attached hydrogens (tertiary/aromatic N) is 1. The Labute approximate surface area is 161 Å². The van der Waals surface area contributed by atoms with Gasteiger partial charge in [-0.2, -0.15) is 0 Å². The number of hydrogen-bond donors (Lipinski definition) is 2. The van der Waals surface area contributed by atoms with Gasteiger partial charge in [0.1, 0.15) is 5.75 Å². The molecule has 1 fully saturated rings. The Hall–Kier alpha value is -0.880. The van der Waals surface area contributed by atoms with Crippen LogP contribution in [0.25, 0.3) is 0 Å². The standard InChI is InChI=1S/C16H24ClN3O2.2ClH/c1-20-7-4-11(5-8-20)3-6-19-16(21)12-9-13(17)14(18)10-15(12)22-2;;/h9-11H,3-8,18H2,1-2H3,(H,19,21);2*1H. The number of nitrogens with one attached hydrogen (secondary N) is 1. The fraction of sp³-hybridized carbons (Fsp3) is 0.562. The van der Waals surface area contributed by atoms with Crippen molar-refractivity contribution in [1.82, 2.24) is 10.2 Å². The molecule has 0 aliphatic carbocycles. The van der Waals surface area contributed by atoms with Gasteiger partial charge in [-0.3, -0.25) is 4.79 Å². The zero-order valence-corrected chi connectivity index (χ0v) is 16.4. The topological polar surface area (TPSA) is 67.6 Å². The summed E-state index contributed by atoms with van der Waals surface area (Å²) < 4.78 is 5.21. The molecule has 5 nitrogen and oxygen atoms in total. The van der Waals surface area contributed by atoms with Crippen molar-refractivity contribution in [2.45, 2.75) is 19.3 Å². The van der Waals surface area contributed by atoms with Gasteiger partial charge in [-0.05, 0) is 51.4 Å². The van der Waals surface area contributed by atoms with E-state index in [9.17, 15) is 4.79 Å². The summed E-state index contributed by atoms with van der Waals surface area (Å²) in [7, 11) is 3.66. The minimum Gasteiger partial charge on any atom is -0.496 e. The maximum Gasteiger partial charge on any atom is 0.255 e. The number of carbonyl (C=O) groups excluding carboxylic acids is 1. The van der Waals surface area contributed by atoms with Crippen molar-refractivity contribution >= 4 is 48.0 Å². The normalized spacial score (nSPS) is 15.1. The molecule has 1 saturated heterocycles. The monoisotopic (exact) mass is 397 g/mol. The lowest BCUT2D eigenvalue weighted by molar-refractivity contribution is 0.0946. The second kappa shape index (κ2) is 10.9. The van der Waals surface area contributed by atoms with Crippen LogP contribution in [0.3, 0.4) is 0 Å². The van der Waals surface area contributed by atoms with Gasteiger partial charge in [0.15, 0.2) is 0 Å². The molecule has 1 amide bonds. The summed E-state index contributed by atoms with van der Waals surface area (Å²) in [6.45, 7) is 2.94. The van der Waals surface area contributed by atoms with E-state index in [1.165, 1.54) is 20.0 Å². The van der Waals surface area contributed by atoms with Crippen LogP contribution in [0.1, 0.15) is 29.6 Å². The van der Waals surface area contributed by atoms with E-state index in [2.05, 4.69) is 17.3 Å². The summed E-state index contributed by atoms with van der Waals surface area (Å²) in [5.74, 6) is 0.957. The molecule has 0 aromatic heterocycles. The van der Waals surface area contributed by atoms with Crippen LogP contribution in [-0.4, -0.2) is 44.6 Å². The molecule has 0 atom stereocenters. The summed E-state index contributed by atoms with van der Waals surface area (Å²) in [5.41, 5.74) is 6.55. The molecule has 1 aromatic carbocycles. The molecule has 0 radical (unpaired) electrons. The number of benzene rings is 1. The largest absolute Gasteiger partial charge is 0.496 e. The van der Waals surface area contributed by atoms with Crippen molar-refractivity contribution < 1.29 is 9.53 Å². The number of rotatable bonds is 5. The van der Waals surface area contributed by atoms with Crippen LogP contribution in [-0.2, 0) is 0 Å². The zero-order chi connectivity index (χ0) is 16.1. The third kappa shape index (κ3) is 6.20. The van der Waals surface area contributed by atoms with Crippen LogP contribution in [0.2, 0.25) is 5.02 Å². The second-order valence-electron chi connectivity index (χ2n) is 5.87. The molecule has 24 heavy (non-hydrogen) atoms. The molecule has 1 aliphatic rings. The highest BCUT2D eigenvalue weighted by Gasteiger charge is 2.18. The Bertz CT molecular complexity index is 536. The van der Waals surface area contributed by atoms with E-state index < -0.39 is 0 Å². The van der Waals surface area contributed by atoms with Crippen molar-refractivity contribution in [3.63, 3.8) is 0 Å². The number of nitrogens with two attached hydrogens (primary N) is 1. The SMILES string of the molecule is COc1cc(N)c(Cl)cc1C(=O)NCCC1CCN(C)CC1.Cl.Cl. The van der Waals surface area contributed by atoms with Gasteiger partial charge in [0, 0.05) is 12.6 Å². The summed E-state index contributed by atoms with van der Waals surface area (Å²) >= 11 is 5.99. The van der Waals surface area contributed by atoms with Gasteiger partial charge in [0.25, 0.3) is 5.91 Å². The zero-order valence-electron chi connectivity index (χ0n) is 14.0. The van der Waals surface area contributed by atoms with Crippen molar-refractivity contribution in [3.8, 4) is 5.75 Å². The highest BCUT2D eigenvalue weighted by Crippen LogP contribution is 2.28. The first kappa shape index (κ1) is 23.1. The van der Waals surface area contributed by atoms with E-state index in [0.29, 0.717) is 34.5 Å². The number of nitrogen functional groups attached to an aromatic ring is 1. The van der Waals surface area contributed by atoms with Gasteiger partial charge in [-0.15, -0.1) is 24.8 Å². The minimum atomic E-state index is -0.174. The van der Waals surface area contributed by atoms with Gasteiger partial charge in [0.2, 0.25) is 0 Å². The van der Waals surface area contributed by atoms with Crippen molar-refractivity contribution in [2.75, 3.05) is 39.5 Å². The van der Waals surface area contributed by atoms with Crippen LogP contribution < -0.4 is 15.8 Å². The molecule has 0 bridgehead atoms. The van der Waals surface area contributed by atoms with Gasteiger partial charge < -0.3 is 20.7 Å². The Kier molecular flexibility index (Phi) is 10.5. The van der Waals surface area contributed by atoms with Gasteiger partial charge in [0.05, 0.1) is 23.4 Å². The number of anilines is 1. The molecule has 1 heterocycles. The van der Waals surface area contributed by atoms with Gasteiger partial charge in [-0.25, -0.2) is 0 Å². The molecule has 0 spiro atoms. The lowest BCUT2D eigenvalue weighted by atomic mass is 9.94. The average molecular weight is 399 g/mol. The van der Waals surface area contributed by atoms with Gasteiger partial charge >= 0.3 is 0 Å². The summed E-state index contributed by atoms with van der Waals surface area (Å²) in [6.07, 6.45) is 3.40. The lowest BCUT2D eigenvalue weighted by Gasteiger charge is -2.28. The summed E-state index contributed by atoms with van der Waals surface area (Å²) in [5, 5.41) is 3.31. The molecular weight excluding hydrogens is 373 g/mol. The van der Waals surface area contributed by atoms with E-state index in [-0.39, 0.29) is 30.7 Å². The fourth-order valence-electron chi connectivity index (χ4n) is 2.75. The first-order valence-electron chi connectivity index (χ1n) is 7.61. The number of methoxy groups -OCH3 is 1. The lowest BCUT2D eigenvalue weighted by Crippen LogP contribution is -2.32. The number of carbonyl (C=O) groups is 1. The van der Waals surface area contributed by atoms with Crippen LogP contribution in [0.5, 0.6) is 5.75 Å². The van der Waals surface area contributed by atoms with Crippen molar-refractivity contribution in [1.29, 1.82) is 0 Å². The molecule has 3 N–H and O–H groups in total. The third-order valence-corrected chi connectivity index (χ3v) is 4.57. The van der Waals surface area contributed by atoms with Crippen LogP contribution in [0.4, 0.5) is 5.69 Å². The number of ether oxygens (including phenoxy) is 1. The molecule has 1 aromatic rings. The maximum absolute atomic E-state index is 12.3. The van der Waals surface area contributed by atoms with E-state index in [0.717, 1.165) is 19.5 Å². The van der Waals surface area contributed by atoms with E-state index in [4.69, 9.17) is 22.1 Å². The average Bonchev–Trinajstić information content (AvgIpc) is 2.51. The minimum absolute atomic E-state index is 0. The molecule has 0 saturated carbocycles. The van der Waals surface area contributed by atoms with Crippen molar-refractivity contribution in [3.05, 3.63) is 22.7 Å². The fourth-order valence-corrected chi connectivity index (χ4v) is 2.91. The van der Waals surface area contributed by atoms with E-state index >= 15 is 0 Å². The molecule has 138 valence electrons. The number of likely N-dealkylation sites (tertiary alicyclic amines) is 1. The highest BCUT2D eigenvalue weighted by atomic mass is 35.5. The van der Waals surface area contributed by atoms with Crippen LogP contribution >= 0.6 is 36.4 Å². The molecule has 0 unspecified atom stereocenters. The molecular formula is C16H26Cl3N3O2. The Balaban J connectivity index is 0.00000264. The Morgan fingerprint density at radius 1 is 1.38 bits per heavy atom. The number of piperidine rings is 1. The summed E-state index contributed by atoms with van der Waals surface area (Å²) in [4.78, 5) is 14.6. The van der Waals surface area contributed by atoms with E-state index in [1.807, 2.05) is 0 Å². The first-order chi connectivity index (χ1) is 10.5. The number of amides is 1. The summed E-state index contributed by atoms with van der Waals surface area (Å²) in [6, 6.07) is 3.13. The highest BCUT2D eigenvalue weighted by molar-refractivity contribution is 6.33. The molecule has 1 aliphatic heterocycles. The van der Waals surface area contributed by atoms with Crippen LogP contribution in [0.15, 0.2) is 12.1 Å². The molecule has 8 heteroatoms.